The smallest absolute Gasteiger partial charge is 0.257 e. The summed E-state index contributed by atoms with van der Waals surface area (Å²) in [7, 11) is 0. The average molecular weight is 519 g/mol. The standard InChI is InChI=1S/C11H5Br4NOS/c12-5-1-2-8(7(13)3-5)16-11(17)6-4-9(14)18-10(6)15/h1-4H,(H,16,17). The van der Waals surface area contributed by atoms with Crippen LogP contribution in [0.5, 0.6) is 0 Å². The van der Waals surface area contributed by atoms with Gasteiger partial charge in [0.25, 0.3) is 5.91 Å². The quantitative estimate of drug-likeness (QED) is 0.515. The van der Waals surface area contributed by atoms with Crippen molar-refractivity contribution in [3.63, 3.8) is 0 Å². The van der Waals surface area contributed by atoms with Gasteiger partial charge < -0.3 is 5.32 Å². The first-order valence-corrected chi connectivity index (χ1v) is 8.67. The predicted molar refractivity (Wildman–Crippen MR) is 89.5 cm³/mol. The van der Waals surface area contributed by atoms with Gasteiger partial charge in [-0.25, -0.2) is 0 Å². The van der Waals surface area contributed by atoms with Crippen LogP contribution in [0.2, 0.25) is 0 Å². The van der Waals surface area contributed by atoms with Gasteiger partial charge in [-0.1, -0.05) is 15.9 Å². The van der Waals surface area contributed by atoms with Gasteiger partial charge in [0.05, 0.1) is 18.8 Å². The highest BCUT2D eigenvalue weighted by atomic mass is 79.9. The van der Waals surface area contributed by atoms with E-state index >= 15 is 0 Å². The molecule has 2 aromatic rings. The van der Waals surface area contributed by atoms with Crippen LogP contribution in [0, 0.1) is 0 Å². The Kier molecular flexibility index (Phi) is 5.05. The van der Waals surface area contributed by atoms with Gasteiger partial charge in [0.2, 0.25) is 0 Å². The molecule has 0 radical (unpaired) electrons. The van der Waals surface area contributed by atoms with Crippen LogP contribution in [0.4, 0.5) is 5.69 Å². The number of nitrogens with one attached hydrogen (secondary N) is 1. The second-order valence-corrected chi connectivity index (χ2v) is 8.84. The molecule has 94 valence electrons. The van der Waals surface area contributed by atoms with Crippen LogP contribution < -0.4 is 5.32 Å². The lowest BCUT2D eigenvalue weighted by molar-refractivity contribution is 0.102. The predicted octanol–water partition coefficient (Wildman–Crippen LogP) is 6.05. The highest BCUT2D eigenvalue weighted by Gasteiger charge is 2.14. The lowest BCUT2D eigenvalue weighted by atomic mass is 10.3. The molecule has 1 aromatic carbocycles. The highest BCUT2D eigenvalue weighted by molar-refractivity contribution is 9.12. The average Bonchev–Trinajstić information content (AvgIpc) is 2.62. The van der Waals surface area contributed by atoms with Crippen molar-refractivity contribution >= 4 is 86.7 Å². The van der Waals surface area contributed by atoms with Crippen molar-refractivity contribution in [3.8, 4) is 0 Å². The van der Waals surface area contributed by atoms with Crippen molar-refractivity contribution in [1.29, 1.82) is 0 Å². The van der Waals surface area contributed by atoms with Gasteiger partial charge in [-0.15, -0.1) is 11.3 Å². The summed E-state index contributed by atoms with van der Waals surface area (Å²) >= 11 is 15.0. The molecule has 0 aliphatic carbocycles. The number of halogens is 4. The number of amides is 1. The maximum absolute atomic E-state index is 12.1. The molecule has 1 aromatic heterocycles. The summed E-state index contributed by atoms with van der Waals surface area (Å²) in [5, 5.41) is 2.86. The van der Waals surface area contributed by atoms with Crippen molar-refractivity contribution in [2.24, 2.45) is 0 Å². The summed E-state index contributed by atoms with van der Waals surface area (Å²) < 4.78 is 3.50. The summed E-state index contributed by atoms with van der Waals surface area (Å²) in [4.78, 5) is 12.1. The summed E-state index contributed by atoms with van der Waals surface area (Å²) in [5.41, 5.74) is 1.35. The van der Waals surface area contributed by atoms with Crippen LogP contribution in [0.3, 0.4) is 0 Å². The Hall–Kier alpha value is 0.310. The van der Waals surface area contributed by atoms with E-state index in [2.05, 4.69) is 69.0 Å². The number of hydrogen-bond acceptors (Lipinski definition) is 2. The maximum Gasteiger partial charge on any atom is 0.257 e. The van der Waals surface area contributed by atoms with Crippen LogP contribution in [0.1, 0.15) is 10.4 Å². The molecule has 0 saturated carbocycles. The first kappa shape index (κ1) is 14.7. The largest absolute Gasteiger partial charge is 0.321 e. The lowest BCUT2D eigenvalue weighted by Gasteiger charge is -2.07. The SMILES string of the molecule is O=C(Nc1ccc(Br)cc1Br)c1cc(Br)sc1Br. The molecule has 0 fully saturated rings. The minimum absolute atomic E-state index is 0.146. The van der Waals surface area contributed by atoms with E-state index in [9.17, 15) is 4.79 Å². The van der Waals surface area contributed by atoms with E-state index in [-0.39, 0.29) is 5.91 Å². The number of benzene rings is 1. The van der Waals surface area contributed by atoms with Crippen molar-refractivity contribution in [2.75, 3.05) is 5.32 Å². The summed E-state index contributed by atoms with van der Waals surface area (Å²) in [6, 6.07) is 7.38. The molecule has 2 rings (SSSR count). The number of thiophene rings is 1. The van der Waals surface area contributed by atoms with Gasteiger partial charge in [-0.2, -0.15) is 0 Å². The number of carbonyl (C=O) groups excluding carboxylic acids is 1. The molecule has 0 aliphatic heterocycles. The van der Waals surface area contributed by atoms with E-state index in [4.69, 9.17) is 0 Å². The number of rotatable bonds is 2. The number of carbonyl (C=O) groups is 1. The molecule has 0 bridgehead atoms. The van der Waals surface area contributed by atoms with E-state index in [1.54, 1.807) is 6.07 Å². The van der Waals surface area contributed by atoms with Gasteiger partial charge in [0, 0.05) is 8.95 Å². The molecule has 1 N–H and O–H groups in total. The number of hydrogen-bond donors (Lipinski definition) is 1. The monoisotopic (exact) mass is 515 g/mol. The fourth-order valence-electron chi connectivity index (χ4n) is 1.28. The third kappa shape index (κ3) is 3.45. The molecule has 1 amide bonds. The Morgan fingerprint density at radius 2 is 1.83 bits per heavy atom. The molecule has 7 heteroatoms. The molecule has 0 spiro atoms. The minimum Gasteiger partial charge on any atom is -0.321 e. The molecule has 2 nitrogen and oxygen atoms in total. The minimum atomic E-state index is -0.146. The first-order chi connectivity index (χ1) is 8.47. The number of anilines is 1. The topological polar surface area (TPSA) is 29.1 Å². The van der Waals surface area contributed by atoms with E-state index in [1.165, 1.54) is 11.3 Å². The first-order valence-electron chi connectivity index (χ1n) is 4.68. The van der Waals surface area contributed by atoms with Crippen LogP contribution in [0.25, 0.3) is 0 Å². The van der Waals surface area contributed by atoms with Gasteiger partial charge in [-0.3, -0.25) is 4.79 Å². The molecular formula is C11H5Br4NOS. The molecule has 0 atom stereocenters. The fourth-order valence-corrected chi connectivity index (χ4v) is 5.22. The summed E-state index contributed by atoms with van der Waals surface area (Å²) in [5.74, 6) is -0.146. The van der Waals surface area contributed by atoms with Crippen molar-refractivity contribution < 1.29 is 4.79 Å². The van der Waals surface area contributed by atoms with Crippen molar-refractivity contribution in [3.05, 3.63) is 46.3 Å². The van der Waals surface area contributed by atoms with Gasteiger partial charge >= 0.3 is 0 Å². The zero-order valence-corrected chi connectivity index (χ0v) is 15.8. The van der Waals surface area contributed by atoms with E-state index in [0.717, 1.165) is 22.2 Å². The molecule has 0 aliphatic rings. The van der Waals surface area contributed by atoms with Gasteiger partial charge in [0.15, 0.2) is 0 Å². The zero-order valence-electron chi connectivity index (χ0n) is 8.64. The van der Waals surface area contributed by atoms with Crippen molar-refractivity contribution in [1.82, 2.24) is 0 Å². The summed E-state index contributed by atoms with van der Waals surface area (Å²) in [6.07, 6.45) is 0. The fraction of sp³-hybridized carbons (Fsp3) is 0. The summed E-state index contributed by atoms with van der Waals surface area (Å²) in [6.45, 7) is 0. The third-order valence-corrected chi connectivity index (χ3v) is 5.57. The van der Waals surface area contributed by atoms with E-state index in [1.807, 2.05) is 18.2 Å². The molecule has 1 heterocycles. The second kappa shape index (κ2) is 6.17. The lowest BCUT2D eigenvalue weighted by Crippen LogP contribution is -2.11. The van der Waals surface area contributed by atoms with E-state index in [0.29, 0.717) is 5.56 Å². The van der Waals surface area contributed by atoms with Crippen LogP contribution in [-0.2, 0) is 0 Å². The Morgan fingerprint density at radius 3 is 2.39 bits per heavy atom. The maximum atomic E-state index is 12.1. The highest BCUT2D eigenvalue weighted by Crippen LogP contribution is 2.33. The van der Waals surface area contributed by atoms with E-state index < -0.39 is 0 Å². The zero-order chi connectivity index (χ0) is 13.3. The Labute approximate surface area is 142 Å². The Morgan fingerprint density at radius 1 is 1.11 bits per heavy atom. The third-order valence-electron chi connectivity index (χ3n) is 2.08. The van der Waals surface area contributed by atoms with Gasteiger partial charge in [-0.05, 0) is 72.1 Å². The second-order valence-electron chi connectivity index (χ2n) is 3.32. The Balaban J connectivity index is 2.24. The Bertz CT molecular complexity index is 611. The van der Waals surface area contributed by atoms with Crippen LogP contribution in [0.15, 0.2) is 40.8 Å². The molecule has 18 heavy (non-hydrogen) atoms. The van der Waals surface area contributed by atoms with Crippen LogP contribution >= 0.6 is 75.1 Å². The van der Waals surface area contributed by atoms with Crippen LogP contribution in [-0.4, -0.2) is 5.91 Å². The van der Waals surface area contributed by atoms with Crippen molar-refractivity contribution in [2.45, 2.75) is 0 Å². The normalized spacial score (nSPS) is 10.4. The van der Waals surface area contributed by atoms with Gasteiger partial charge in [0.1, 0.15) is 0 Å². The molecular weight excluding hydrogens is 514 g/mol. The molecule has 0 saturated heterocycles. The molecule has 0 unspecified atom stereocenters.